The Morgan fingerprint density at radius 3 is 2.65 bits per heavy atom. The quantitative estimate of drug-likeness (QED) is 0.506. The number of H-pyrrole nitrogens is 1. The van der Waals surface area contributed by atoms with E-state index in [0.29, 0.717) is 17.7 Å². The standard InChI is InChI=1S/C26H26N4O/c31-26(21-5-6-21)30-13-10-18(17-30)16-29-14-12-28-25(29)20-3-1-19(2-4-20)22-7-8-24-23(15-22)9-11-27-24/h1-4,7-9,11-12,14-15,18,21,27H,5-6,10,13,16-17H2/t18-/m0/s1. The minimum Gasteiger partial charge on any atom is -0.361 e. The first-order chi connectivity index (χ1) is 15.2. The summed E-state index contributed by atoms with van der Waals surface area (Å²) in [5.74, 6) is 2.20. The van der Waals surface area contributed by atoms with Crippen LogP contribution in [-0.2, 0) is 11.3 Å². The number of hydrogen-bond acceptors (Lipinski definition) is 2. The minimum absolute atomic E-state index is 0.319. The number of fused-ring (bicyclic) bond motifs is 1. The van der Waals surface area contributed by atoms with Crippen LogP contribution in [0.2, 0.25) is 0 Å². The molecule has 2 aliphatic rings. The number of amides is 1. The zero-order chi connectivity index (χ0) is 20.8. The summed E-state index contributed by atoms with van der Waals surface area (Å²) in [7, 11) is 0. The fourth-order valence-corrected chi connectivity index (χ4v) is 4.81. The molecule has 4 aromatic rings. The first-order valence-electron chi connectivity index (χ1n) is 11.2. The number of aromatic amines is 1. The lowest BCUT2D eigenvalue weighted by Gasteiger charge is -2.17. The van der Waals surface area contributed by atoms with Crippen molar-refractivity contribution < 1.29 is 4.79 Å². The molecule has 0 spiro atoms. The lowest BCUT2D eigenvalue weighted by atomic mass is 10.0. The summed E-state index contributed by atoms with van der Waals surface area (Å²) < 4.78 is 2.25. The maximum absolute atomic E-state index is 12.4. The van der Waals surface area contributed by atoms with Crippen LogP contribution in [0.5, 0.6) is 0 Å². The molecule has 3 heterocycles. The molecule has 1 amide bonds. The molecule has 6 rings (SSSR count). The van der Waals surface area contributed by atoms with Crippen molar-refractivity contribution in [3.8, 4) is 22.5 Å². The Bertz CT molecular complexity index is 1230. The molecular weight excluding hydrogens is 384 g/mol. The zero-order valence-corrected chi connectivity index (χ0v) is 17.5. The van der Waals surface area contributed by atoms with Crippen molar-refractivity contribution in [3.05, 3.63) is 67.1 Å². The number of aromatic nitrogens is 3. The largest absolute Gasteiger partial charge is 0.361 e. The van der Waals surface area contributed by atoms with E-state index < -0.39 is 0 Å². The van der Waals surface area contributed by atoms with Gasteiger partial charge in [0.05, 0.1) is 0 Å². The smallest absolute Gasteiger partial charge is 0.225 e. The molecule has 5 heteroatoms. The van der Waals surface area contributed by atoms with Crippen molar-refractivity contribution in [2.45, 2.75) is 25.8 Å². The molecule has 1 saturated heterocycles. The van der Waals surface area contributed by atoms with Gasteiger partial charge >= 0.3 is 0 Å². The predicted octanol–water partition coefficient (Wildman–Crippen LogP) is 4.96. The molecule has 2 aromatic heterocycles. The van der Waals surface area contributed by atoms with E-state index in [4.69, 9.17) is 0 Å². The SMILES string of the molecule is O=C(C1CC1)N1CC[C@@H](Cn2ccnc2-c2ccc(-c3ccc4[nH]ccc4c3)cc2)C1. The Morgan fingerprint density at radius 1 is 1.00 bits per heavy atom. The molecule has 0 unspecified atom stereocenters. The average molecular weight is 411 g/mol. The average Bonchev–Trinajstić information content (AvgIpc) is 3.17. The Morgan fingerprint density at radius 2 is 1.81 bits per heavy atom. The number of nitrogens with zero attached hydrogens (tertiary/aromatic N) is 3. The molecule has 156 valence electrons. The van der Waals surface area contributed by atoms with Gasteiger partial charge in [0.15, 0.2) is 0 Å². The zero-order valence-electron chi connectivity index (χ0n) is 17.5. The Labute approximate surface area is 181 Å². The fraction of sp³-hybridized carbons (Fsp3) is 0.308. The molecule has 2 aromatic carbocycles. The minimum atomic E-state index is 0.319. The molecule has 1 aliphatic heterocycles. The third-order valence-corrected chi connectivity index (χ3v) is 6.72. The molecule has 0 bridgehead atoms. The molecule has 2 fully saturated rings. The normalized spacial score (nSPS) is 18.7. The summed E-state index contributed by atoms with van der Waals surface area (Å²) in [6, 6.07) is 17.3. The van der Waals surface area contributed by atoms with Gasteiger partial charge in [-0.3, -0.25) is 4.79 Å². The van der Waals surface area contributed by atoms with E-state index >= 15 is 0 Å². The second-order valence-electron chi connectivity index (χ2n) is 8.97. The van der Waals surface area contributed by atoms with Gasteiger partial charge in [0.25, 0.3) is 0 Å². The Hall–Kier alpha value is -3.34. The predicted molar refractivity (Wildman–Crippen MR) is 122 cm³/mol. The summed E-state index contributed by atoms with van der Waals surface area (Å²) in [6.45, 7) is 2.70. The van der Waals surface area contributed by atoms with Crippen molar-refractivity contribution in [1.29, 1.82) is 0 Å². The van der Waals surface area contributed by atoms with Crippen molar-refractivity contribution in [1.82, 2.24) is 19.4 Å². The van der Waals surface area contributed by atoms with Crippen LogP contribution in [0.3, 0.4) is 0 Å². The van der Waals surface area contributed by atoms with Gasteiger partial charge in [-0.15, -0.1) is 0 Å². The third-order valence-electron chi connectivity index (χ3n) is 6.72. The maximum atomic E-state index is 12.4. The molecule has 1 aliphatic carbocycles. The van der Waals surface area contributed by atoms with E-state index in [-0.39, 0.29) is 0 Å². The van der Waals surface area contributed by atoms with Crippen LogP contribution in [0.25, 0.3) is 33.4 Å². The van der Waals surface area contributed by atoms with Crippen LogP contribution in [0.15, 0.2) is 67.1 Å². The van der Waals surface area contributed by atoms with Crippen LogP contribution in [0.1, 0.15) is 19.3 Å². The summed E-state index contributed by atoms with van der Waals surface area (Å²) in [6.07, 6.45) is 9.17. The van der Waals surface area contributed by atoms with Gasteiger partial charge in [0.2, 0.25) is 5.91 Å². The van der Waals surface area contributed by atoms with Gasteiger partial charge in [0, 0.05) is 55.2 Å². The van der Waals surface area contributed by atoms with E-state index in [2.05, 4.69) is 74.2 Å². The molecular formula is C26H26N4O. The number of carbonyl (C=O) groups is 1. The lowest BCUT2D eigenvalue weighted by Crippen LogP contribution is -2.30. The fourth-order valence-electron chi connectivity index (χ4n) is 4.81. The topological polar surface area (TPSA) is 53.9 Å². The van der Waals surface area contributed by atoms with E-state index in [1.54, 1.807) is 0 Å². The number of rotatable bonds is 5. The summed E-state index contributed by atoms with van der Waals surface area (Å²) in [5.41, 5.74) is 4.70. The number of imidazole rings is 1. The maximum Gasteiger partial charge on any atom is 0.225 e. The molecule has 1 N–H and O–H groups in total. The first kappa shape index (κ1) is 18.4. The summed E-state index contributed by atoms with van der Waals surface area (Å²) >= 11 is 0. The van der Waals surface area contributed by atoms with Crippen LogP contribution >= 0.6 is 0 Å². The van der Waals surface area contributed by atoms with Gasteiger partial charge in [-0.05, 0) is 59.9 Å². The van der Waals surface area contributed by atoms with E-state index in [9.17, 15) is 4.79 Å². The monoisotopic (exact) mass is 410 g/mol. The van der Waals surface area contributed by atoms with Gasteiger partial charge in [-0.2, -0.15) is 0 Å². The first-order valence-corrected chi connectivity index (χ1v) is 11.2. The molecule has 0 radical (unpaired) electrons. The highest BCUT2D eigenvalue weighted by atomic mass is 16.2. The number of benzene rings is 2. The molecule has 5 nitrogen and oxygen atoms in total. The summed E-state index contributed by atoms with van der Waals surface area (Å²) in [5, 5.41) is 1.22. The van der Waals surface area contributed by atoms with E-state index in [0.717, 1.165) is 55.8 Å². The molecule has 1 saturated carbocycles. The second kappa shape index (κ2) is 7.41. The molecule has 1 atom stereocenters. The van der Waals surface area contributed by atoms with Crippen LogP contribution in [-0.4, -0.2) is 38.4 Å². The van der Waals surface area contributed by atoms with Crippen molar-refractivity contribution in [2.75, 3.05) is 13.1 Å². The number of likely N-dealkylation sites (tertiary alicyclic amines) is 1. The Balaban J connectivity index is 1.18. The van der Waals surface area contributed by atoms with Crippen LogP contribution in [0.4, 0.5) is 0 Å². The van der Waals surface area contributed by atoms with Crippen molar-refractivity contribution in [2.24, 2.45) is 11.8 Å². The van der Waals surface area contributed by atoms with Gasteiger partial charge in [-0.1, -0.05) is 30.3 Å². The highest BCUT2D eigenvalue weighted by Gasteiger charge is 2.36. The summed E-state index contributed by atoms with van der Waals surface area (Å²) in [4.78, 5) is 22.3. The Kier molecular flexibility index (Phi) is 4.41. The highest BCUT2D eigenvalue weighted by Crippen LogP contribution is 2.33. The van der Waals surface area contributed by atoms with Gasteiger partial charge in [-0.25, -0.2) is 4.98 Å². The lowest BCUT2D eigenvalue weighted by molar-refractivity contribution is -0.131. The van der Waals surface area contributed by atoms with E-state index in [1.165, 1.54) is 16.5 Å². The number of hydrogen-bond donors (Lipinski definition) is 1. The number of carbonyl (C=O) groups excluding carboxylic acids is 1. The van der Waals surface area contributed by atoms with Crippen molar-refractivity contribution >= 4 is 16.8 Å². The highest BCUT2D eigenvalue weighted by molar-refractivity contribution is 5.85. The molecule has 31 heavy (non-hydrogen) atoms. The number of nitrogens with one attached hydrogen (secondary N) is 1. The van der Waals surface area contributed by atoms with Gasteiger partial charge < -0.3 is 14.5 Å². The van der Waals surface area contributed by atoms with Crippen LogP contribution in [0, 0.1) is 11.8 Å². The second-order valence-corrected chi connectivity index (χ2v) is 8.97. The third kappa shape index (κ3) is 3.54. The van der Waals surface area contributed by atoms with Crippen molar-refractivity contribution in [3.63, 3.8) is 0 Å². The van der Waals surface area contributed by atoms with E-state index in [1.807, 2.05) is 12.4 Å². The van der Waals surface area contributed by atoms with Gasteiger partial charge in [0.1, 0.15) is 5.82 Å². The van der Waals surface area contributed by atoms with Crippen LogP contribution < -0.4 is 0 Å².